The second-order valence-electron chi connectivity index (χ2n) is 10.5. The number of carbonyl (C=O) groups is 1. The molecule has 0 bridgehead atoms. The normalized spacial score (nSPS) is 13.0. The van der Waals surface area contributed by atoms with Crippen LogP contribution < -0.4 is 0 Å². The predicted molar refractivity (Wildman–Crippen MR) is 168 cm³/mol. The van der Waals surface area contributed by atoms with Crippen LogP contribution in [0.2, 0.25) is 0 Å². The Balaban J connectivity index is 3.53. The molecule has 0 fully saturated rings. The first kappa shape index (κ1) is 37.4. The van der Waals surface area contributed by atoms with Gasteiger partial charge in [-0.25, -0.2) is 0 Å². The molecule has 0 saturated carbocycles. The Morgan fingerprint density at radius 1 is 0.641 bits per heavy atom. The molecule has 226 valence electrons. The Bertz CT molecular complexity index is 620. The average molecular weight is 547 g/mol. The van der Waals surface area contributed by atoms with Crippen LogP contribution in [0.4, 0.5) is 0 Å². The molecule has 0 spiro atoms. The summed E-state index contributed by atoms with van der Waals surface area (Å²) in [5, 5.41) is 9.51. The Hall–Kier alpha value is -1.65. The number of hydrogen-bond acceptors (Lipinski definition) is 4. The summed E-state index contributed by atoms with van der Waals surface area (Å²) in [5.41, 5.74) is 0. The minimum Gasteiger partial charge on any atom is -0.457 e. The summed E-state index contributed by atoms with van der Waals surface area (Å²) < 4.78 is 11.0. The molecular weight excluding hydrogens is 484 g/mol. The van der Waals surface area contributed by atoms with E-state index in [9.17, 15) is 9.90 Å². The van der Waals surface area contributed by atoms with Crippen molar-refractivity contribution in [1.82, 2.24) is 0 Å². The molecule has 0 aromatic carbocycles. The molecule has 1 N–H and O–H groups in total. The van der Waals surface area contributed by atoms with E-state index >= 15 is 0 Å². The zero-order chi connectivity index (χ0) is 28.5. The van der Waals surface area contributed by atoms with Crippen LogP contribution >= 0.6 is 0 Å². The lowest BCUT2D eigenvalue weighted by atomic mass is 10.1. The highest BCUT2D eigenvalue weighted by Crippen LogP contribution is 2.10. The molecule has 0 saturated heterocycles. The van der Waals surface area contributed by atoms with Gasteiger partial charge in [-0.1, -0.05) is 114 Å². The average Bonchev–Trinajstić information content (AvgIpc) is 2.94. The van der Waals surface area contributed by atoms with Gasteiger partial charge < -0.3 is 14.6 Å². The molecule has 0 aromatic heterocycles. The van der Waals surface area contributed by atoms with E-state index in [0.29, 0.717) is 13.0 Å². The van der Waals surface area contributed by atoms with Crippen molar-refractivity contribution in [2.75, 3.05) is 19.8 Å². The van der Waals surface area contributed by atoms with E-state index in [-0.39, 0.29) is 19.2 Å². The van der Waals surface area contributed by atoms with Crippen LogP contribution in [0.15, 0.2) is 48.6 Å². The van der Waals surface area contributed by atoms with Crippen LogP contribution in [-0.2, 0) is 14.3 Å². The molecule has 0 aliphatic rings. The summed E-state index contributed by atoms with van der Waals surface area (Å²) >= 11 is 0. The molecule has 0 heterocycles. The van der Waals surface area contributed by atoms with E-state index in [4.69, 9.17) is 9.47 Å². The molecule has 0 aromatic rings. The smallest absolute Gasteiger partial charge is 0.306 e. The molecule has 0 radical (unpaired) electrons. The number of esters is 1. The van der Waals surface area contributed by atoms with Gasteiger partial charge in [0.15, 0.2) is 0 Å². The molecule has 1 unspecified atom stereocenters. The van der Waals surface area contributed by atoms with Gasteiger partial charge in [0.2, 0.25) is 0 Å². The Morgan fingerprint density at radius 2 is 1.15 bits per heavy atom. The topological polar surface area (TPSA) is 55.8 Å². The molecule has 1 atom stereocenters. The Kier molecular flexibility index (Phi) is 31.2. The van der Waals surface area contributed by atoms with Crippen molar-refractivity contribution in [2.24, 2.45) is 0 Å². The lowest BCUT2D eigenvalue weighted by Gasteiger charge is -2.15. The monoisotopic (exact) mass is 546 g/mol. The van der Waals surface area contributed by atoms with Crippen LogP contribution in [0.1, 0.15) is 142 Å². The zero-order valence-corrected chi connectivity index (χ0v) is 25.6. The number of carbonyl (C=O) groups excluding carboxylic acids is 1. The molecule has 0 aliphatic heterocycles. The fourth-order valence-corrected chi connectivity index (χ4v) is 4.22. The van der Waals surface area contributed by atoms with Gasteiger partial charge in [-0.05, 0) is 70.6 Å². The molecule has 39 heavy (non-hydrogen) atoms. The van der Waals surface area contributed by atoms with Gasteiger partial charge in [0.25, 0.3) is 0 Å². The maximum Gasteiger partial charge on any atom is 0.306 e. The minimum atomic E-state index is -0.548. The summed E-state index contributed by atoms with van der Waals surface area (Å²) in [4.78, 5) is 12.1. The van der Waals surface area contributed by atoms with Crippen LogP contribution in [0.3, 0.4) is 0 Å². The van der Waals surface area contributed by atoms with E-state index < -0.39 is 6.10 Å². The highest BCUT2D eigenvalue weighted by atomic mass is 16.6. The van der Waals surface area contributed by atoms with Crippen molar-refractivity contribution < 1.29 is 19.4 Å². The number of unbranched alkanes of at least 4 members (excludes halogenated alkanes) is 13. The van der Waals surface area contributed by atoms with Gasteiger partial charge in [-0.3, -0.25) is 4.79 Å². The van der Waals surface area contributed by atoms with Crippen molar-refractivity contribution >= 4 is 5.97 Å². The summed E-state index contributed by atoms with van der Waals surface area (Å²) in [6.07, 6.45) is 40.0. The maximum atomic E-state index is 12.1. The third-order valence-electron chi connectivity index (χ3n) is 6.64. The van der Waals surface area contributed by atoms with Crippen LogP contribution in [0, 0.1) is 0 Å². The number of aliphatic hydroxyl groups is 1. The van der Waals surface area contributed by atoms with E-state index in [1.807, 2.05) is 0 Å². The first-order valence-electron chi connectivity index (χ1n) is 16.2. The van der Waals surface area contributed by atoms with Crippen molar-refractivity contribution in [3.8, 4) is 0 Å². The van der Waals surface area contributed by atoms with E-state index in [1.165, 1.54) is 64.2 Å². The van der Waals surface area contributed by atoms with E-state index in [1.54, 1.807) is 0 Å². The lowest BCUT2D eigenvalue weighted by Crippen LogP contribution is -2.27. The highest BCUT2D eigenvalue weighted by molar-refractivity contribution is 5.69. The predicted octanol–water partition coefficient (Wildman–Crippen LogP) is 9.97. The summed E-state index contributed by atoms with van der Waals surface area (Å²) in [6.45, 7) is 5.14. The number of rotatable bonds is 29. The van der Waals surface area contributed by atoms with Crippen molar-refractivity contribution in [3.05, 3.63) is 48.6 Å². The maximum absolute atomic E-state index is 12.1. The van der Waals surface area contributed by atoms with Crippen molar-refractivity contribution in [1.29, 1.82) is 0 Å². The van der Waals surface area contributed by atoms with Crippen molar-refractivity contribution in [3.63, 3.8) is 0 Å². The van der Waals surface area contributed by atoms with E-state index in [0.717, 1.165) is 57.8 Å². The van der Waals surface area contributed by atoms with Gasteiger partial charge in [-0.2, -0.15) is 0 Å². The number of ether oxygens (including phenoxy) is 2. The molecule has 0 rings (SSSR count). The first-order valence-corrected chi connectivity index (χ1v) is 16.2. The van der Waals surface area contributed by atoms with Crippen LogP contribution in [-0.4, -0.2) is 37.0 Å². The van der Waals surface area contributed by atoms with Gasteiger partial charge in [0.05, 0.1) is 13.2 Å². The molecule has 4 nitrogen and oxygen atoms in total. The second kappa shape index (κ2) is 32.6. The SMILES string of the molecule is CC/C=C\C/C=C\C/C=C\CCCCCCOCC(CO)OC(=O)CCCCCCC/C=C\CCCCCC. The zero-order valence-electron chi connectivity index (χ0n) is 25.6. The number of hydrogen-bond donors (Lipinski definition) is 1. The Labute approximate surface area is 242 Å². The van der Waals surface area contributed by atoms with Gasteiger partial charge in [-0.15, -0.1) is 0 Å². The Morgan fingerprint density at radius 3 is 1.77 bits per heavy atom. The lowest BCUT2D eigenvalue weighted by molar-refractivity contribution is -0.154. The fraction of sp³-hybridized carbons (Fsp3) is 0.743. The third kappa shape index (κ3) is 30.7. The molecular formula is C35H62O4. The summed E-state index contributed by atoms with van der Waals surface area (Å²) in [6, 6.07) is 0. The van der Waals surface area contributed by atoms with Crippen LogP contribution in [0.5, 0.6) is 0 Å². The minimum absolute atomic E-state index is 0.186. The van der Waals surface area contributed by atoms with Gasteiger partial charge in [0, 0.05) is 13.0 Å². The second-order valence-corrected chi connectivity index (χ2v) is 10.5. The third-order valence-corrected chi connectivity index (χ3v) is 6.64. The van der Waals surface area contributed by atoms with Crippen LogP contribution in [0.25, 0.3) is 0 Å². The van der Waals surface area contributed by atoms with Crippen molar-refractivity contribution in [2.45, 2.75) is 148 Å². The standard InChI is InChI=1S/C35H62O4/c1-3-5-7-9-11-13-15-17-19-21-23-25-27-29-31-38-33-34(32-36)39-35(37)30-28-26-24-22-20-18-16-14-12-10-8-6-4-2/h5,7,11,13-14,16-17,19,34,36H,3-4,6,8-10,12,15,18,20-33H2,1-2H3/b7-5-,13-11-,16-14-,19-17-. The molecule has 0 aliphatic carbocycles. The fourth-order valence-electron chi connectivity index (χ4n) is 4.22. The summed E-state index contributed by atoms with van der Waals surface area (Å²) in [5.74, 6) is -0.222. The number of allylic oxidation sites excluding steroid dienone is 8. The largest absolute Gasteiger partial charge is 0.457 e. The highest BCUT2D eigenvalue weighted by Gasteiger charge is 2.13. The quantitative estimate of drug-likeness (QED) is 0.0576. The van der Waals surface area contributed by atoms with E-state index in [2.05, 4.69) is 62.5 Å². The van der Waals surface area contributed by atoms with Gasteiger partial charge >= 0.3 is 5.97 Å². The molecule has 0 amide bonds. The number of aliphatic hydroxyl groups excluding tert-OH is 1. The first-order chi connectivity index (χ1) is 19.2. The molecule has 4 heteroatoms. The summed E-state index contributed by atoms with van der Waals surface area (Å²) in [7, 11) is 0. The van der Waals surface area contributed by atoms with Gasteiger partial charge in [0.1, 0.15) is 6.10 Å².